The molecule has 216 valence electrons. The van der Waals surface area contributed by atoms with Crippen LogP contribution in [-0.4, -0.2) is 9.97 Å². The summed E-state index contributed by atoms with van der Waals surface area (Å²) in [6.45, 7) is 0. The van der Waals surface area contributed by atoms with Gasteiger partial charge in [0.1, 0.15) is 11.5 Å². The summed E-state index contributed by atoms with van der Waals surface area (Å²) in [5.74, 6) is 1.68. The van der Waals surface area contributed by atoms with Crippen LogP contribution >= 0.6 is 0 Å². The molecule has 8 aromatic rings. The summed E-state index contributed by atoms with van der Waals surface area (Å²) in [7, 11) is 0. The van der Waals surface area contributed by atoms with Crippen molar-refractivity contribution in [2.75, 3.05) is 0 Å². The highest BCUT2D eigenvalue weighted by Gasteiger charge is 2.45. The van der Waals surface area contributed by atoms with Crippen molar-refractivity contribution in [2.24, 2.45) is 0 Å². The zero-order chi connectivity index (χ0) is 30.5. The average Bonchev–Trinajstić information content (AvgIpc) is 3.14. The molecule has 0 N–H and O–H groups in total. The van der Waals surface area contributed by atoms with Gasteiger partial charge in [0.25, 0.3) is 0 Å². The average molecular weight is 589 g/mol. The molecule has 0 unspecified atom stereocenters. The highest BCUT2D eigenvalue weighted by molar-refractivity contribution is 6.04. The van der Waals surface area contributed by atoms with E-state index in [4.69, 9.17) is 14.7 Å². The lowest BCUT2D eigenvalue weighted by Gasteiger charge is -2.41. The first-order valence-electron chi connectivity index (χ1n) is 15.6. The van der Waals surface area contributed by atoms with Crippen molar-refractivity contribution in [1.29, 1.82) is 0 Å². The molecule has 0 bridgehead atoms. The number of hydrogen-bond donors (Lipinski definition) is 0. The van der Waals surface area contributed by atoms with Gasteiger partial charge in [0, 0.05) is 33.0 Å². The Morgan fingerprint density at radius 2 is 0.891 bits per heavy atom. The molecule has 1 aliphatic rings. The van der Waals surface area contributed by atoms with Crippen LogP contribution in [0, 0.1) is 0 Å². The number of fused-ring (bicyclic) bond motifs is 5. The Morgan fingerprint density at radius 1 is 0.391 bits per heavy atom. The van der Waals surface area contributed by atoms with Gasteiger partial charge in [0.05, 0.1) is 27.8 Å². The second-order valence-corrected chi connectivity index (χ2v) is 11.8. The van der Waals surface area contributed by atoms with Crippen LogP contribution in [0.3, 0.4) is 0 Å². The molecule has 6 aromatic carbocycles. The lowest BCUT2D eigenvalue weighted by atomic mass is 9.63. The van der Waals surface area contributed by atoms with Crippen molar-refractivity contribution >= 4 is 21.8 Å². The fourth-order valence-corrected chi connectivity index (χ4v) is 7.07. The molecule has 0 amide bonds. The predicted molar refractivity (Wildman–Crippen MR) is 186 cm³/mol. The highest BCUT2D eigenvalue weighted by atomic mass is 16.5. The van der Waals surface area contributed by atoms with E-state index in [1.54, 1.807) is 0 Å². The van der Waals surface area contributed by atoms with E-state index in [-0.39, 0.29) is 0 Å². The SMILES string of the molecule is c1ccc(-c2ccc3ccc4ccc(-c5ccc6c(c5)Oc5ccccc5C6(c5ccccc5)c5ccccc5)nc4c3n2)cc1. The third kappa shape index (κ3) is 4.06. The molecular weight excluding hydrogens is 560 g/mol. The van der Waals surface area contributed by atoms with Crippen LogP contribution in [-0.2, 0) is 5.41 Å². The van der Waals surface area contributed by atoms with Crippen LogP contribution in [0.2, 0.25) is 0 Å². The number of hydrogen-bond acceptors (Lipinski definition) is 3. The van der Waals surface area contributed by atoms with Crippen LogP contribution in [0.1, 0.15) is 22.3 Å². The van der Waals surface area contributed by atoms with E-state index in [1.807, 2.05) is 24.3 Å². The maximum Gasteiger partial charge on any atom is 0.132 e. The van der Waals surface area contributed by atoms with E-state index in [9.17, 15) is 0 Å². The Kier molecular flexibility index (Phi) is 6.04. The third-order valence-electron chi connectivity index (χ3n) is 9.20. The highest BCUT2D eigenvalue weighted by Crippen LogP contribution is 2.55. The molecule has 0 radical (unpaired) electrons. The molecule has 1 aliphatic heterocycles. The Labute approximate surface area is 267 Å². The van der Waals surface area contributed by atoms with Crippen LogP contribution < -0.4 is 4.74 Å². The summed E-state index contributed by atoms with van der Waals surface area (Å²) in [5.41, 5.74) is 9.76. The summed E-state index contributed by atoms with van der Waals surface area (Å²) in [4.78, 5) is 10.3. The lowest BCUT2D eigenvalue weighted by molar-refractivity contribution is 0.434. The summed E-state index contributed by atoms with van der Waals surface area (Å²) < 4.78 is 6.72. The minimum atomic E-state index is -0.546. The van der Waals surface area contributed by atoms with Crippen LogP contribution in [0.15, 0.2) is 170 Å². The molecule has 0 saturated carbocycles. The van der Waals surface area contributed by atoms with Gasteiger partial charge in [-0.25, -0.2) is 9.97 Å². The molecule has 0 spiro atoms. The third-order valence-corrected chi connectivity index (χ3v) is 9.20. The number of ether oxygens (including phenoxy) is 1. The largest absolute Gasteiger partial charge is 0.457 e. The lowest BCUT2D eigenvalue weighted by Crippen LogP contribution is -2.34. The predicted octanol–water partition coefficient (Wildman–Crippen LogP) is 10.6. The van der Waals surface area contributed by atoms with Gasteiger partial charge in [0.15, 0.2) is 0 Å². The minimum absolute atomic E-state index is 0.546. The molecule has 3 heteroatoms. The number of rotatable bonds is 4. The van der Waals surface area contributed by atoms with Crippen molar-refractivity contribution in [2.45, 2.75) is 5.41 Å². The maximum atomic E-state index is 6.72. The van der Waals surface area contributed by atoms with Crippen molar-refractivity contribution in [3.63, 3.8) is 0 Å². The van der Waals surface area contributed by atoms with Gasteiger partial charge in [0.2, 0.25) is 0 Å². The molecule has 0 aliphatic carbocycles. The summed E-state index contributed by atoms with van der Waals surface area (Å²) >= 11 is 0. The van der Waals surface area contributed by atoms with Gasteiger partial charge in [-0.3, -0.25) is 0 Å². The Morgan fingerprint density at radius 3 is 1.52 bits per heavy atom. The second kappa shape index (κ2) is 10.5. The Bertz CT molecular complexity index is 2350. The van der Waals surface area contributed by atoms with Gasteiger partial charge in [-0.05, 0) is 35.4 Å². The molecule has 0 atom stereocenters. The van der Waals surface area contributed by atoms with Crippen molar-refractivity contribution < 1.29 is 4.74 Å². The number of aromatic nitrogens is 2. The number of para-hydroxylation sites is 1. The van der Waals surface area contributed by atoms with Crippen LogP contribution in [0.5, 0.6) is 11.5 Å². The van der Waals surface area contributed by atoms with E-state index in [1.165, 1.54) is 11.1 Å². The van der Waals surface area contributed by atoms with E-state index < -0.39 is 5.41 Å². The quantitative estimate of drug-likeness (QED) is 0.192. The first-order chi connectivity index (χ1) is 22.8. The number of pyridine rings is 2. The van der Waals surface area contributed by atoms with Gasteiger partial charge < -0.3 is 4.74 Å². The number of benzene rings is 6. The maximum absolute atomic E-state index is 6.72. The normalized spacial score (nSPS) is 13.1. The van der Waals surface area contributed by atoms with E-state index in [0.29, 0.717) is 0 Å². The van der Waals surface area contributed by atoms with Crippen LogP contribution in [0.25, 0.3) is 44.3 Å². The molecular formula is C43H28N2O. The first-order valence-corrected chi connectivity index (χ1v) is 15.6. The second-order valence-electron chi connectivity index (χ2n) is 11.8. The van der Waals surface area contributed by atoms with Gasteiger partial charge >= 0.3 is 0 Å². The first kappa shape index (κ1) is 26.4. The number of nitrogens with zero attached hydrogens (tertiary/aromatic N) is 2. The summed E-state index contributed by atoms with van der Waals surface area (Å²) in [5, 5.41) is 2.13. The Hall–Kier alpha value is -6.06. The molecule has 9 rings (SSSR count). The molecule has 3 heterocycles. The smallest absolute Gasteiger partial charge is 0.132 e. The fraction of sp³-hybridized carbons (Fsp3) is 0.0233. The van der Waals surface area contributed by atoms with Gasteiger partial charge in [-0.1, -0.05) is 146 Å². The van der Waals surface area contributed by atoms with Crippen molar-refractivity contribution in [3.8, 4) is 34.0 Å². The zero-order valence-electron chi connectivity index (χ0n) is 25.0. The van der Waals surface area contributed by atoms with Crippen LogP contribution in [0.4, 0.5) is 0 Å². The fourth-order valence-electron chi connectivity index (χ4n) is 7.07. The summed E-state index contributed by atoms with van der Waals surface area (Å²) in [6, 6.07) is 59.5. The van der Waals surface area contributed by atoms with E-state index in [0.717, 1.165) is 66.9 Å². The van der Waals surface area contributed by atoms with E-state index in [2.05, 4.69) is 146 Å². The summed E-state index contributed by atoms with van der Waals surface area (Å²) in [6.07, 6.45) is 0. The molecule has 0 saturated heterocycles. The Balaban J connectivity index is 1.25. The molecule has 0 fully saturated rings. The van der Waals surface area contributed by atoms with E-state index >= 15 is 0 Å². The molecule has 46 heavy (non-hydrogen) atoms. The van der Waals surface area contributed by atoms with Gasteiger partial charge in [-0.2, -0.15) is 0 Å². The van der Waals surface area contributed by atoms with Gasteiger partial charge in [-0.15, -0.1) is 0 Å². The zero-order valence-corrected chi connectivity index (χ0v) is 25.0. The minimum Gasteiger partial charge on any atom is -0.457 e. The topological polar surface area (TPSA) is 35.0 Å². The van der Waals surface area contributed by atoms with Crippen molar-refractivity contribution in [1.82, 2.24) is 9.97 Å². The molecule has 3 nitrogen and oxygen atoms in total. The molecule has 2 aromatic heterocycles. The standard InChI is InChI=1S/C43H28N2O/c1-4-12-29(13-5-1)37-26-23-30-20-21-31-24-27-38(45-42(31)41(30)44-37)32-22-25-36-40(28-32)46-39-19-11-10-18-35(39)43(36,33-14-6-2-7-15-33)34-16-8-3-9-17-34/h1-28H. The monoisotopic (exact) mass is 588 g/mol. The van der Waals surface area contributed by atoms with Crippen molar-refractivity contribution in [3.05, 3.63) is 192 Å².